The first-order chi connectivity index (χ1) is 15.2. The van der Waals surface area contributed by atoms with Crippen LogP contribution in [0.5, 0.6) is 0 Å². The molecule has 5 rings (SSSR count). The summed E-state index contributed by atoms with van der Waals surface area (Å²) in [6.07, 6.45) is 6.80. The minimum atomic E-state index is 0.126. The van der Waals surface area contributed by atoms with E-state index < -0.39 is 0 Å². The fourth-order valence-electron chi connectivity index (χ4n) is 5.80. The molecule has 2 aliphatic heterocycles. The van der Waals surface area contributed by atoms with Crippen LogP contribution >= 0.6 is 0 Å². The summed E-state index contributed by atoms with van der Waals surface area (Å²) in [7, 11) is 0. The van der Waals surface area contributed by atoms with Gasteiger partial charge in [0.05, 0.1) is 0 Å². The number of nitrogens with zero attached hydrogens (tertiary/aromatic N) is 6. The highest BCUT2D eigenvalue weighted by molar-refractivity contribution is 5.78. The van der Waals surface area contributed by atoms with Crippen LogP contribution in [0.25, 0.3) is 0 Å². The molecule has 31 heavy (non-hydrogen) atoms. The van der Waals surface area contributed by atoms with Crippen LogP contribution in [0, 0.1) is 17.8 Å². The third-order valence-corrected chi connectivity index (χ3v) is 7.34. The zero-order chi connectivity index (χ0) is 21.2. The summed E-state index contributed by atoms with van der Waals surface area (Å²) in [6.45, 7) is 5.22. The molecule has 1 amide bonds. The molecule has 2 aromatic heterocycles. The first-order valence-electron chi connectivity index (χ1n) is 11.6. The lowest BCUT2D eigenvalue weighted by Gasteiger charge is -2.42. The first kappa shape index (κ1) is 20.4. The normalized spacial score (nSPS) is 28.1. The van der Waals surface area contributed by atoms with Crippen LogP contribution in [0.15, 0.2) is 29.3 Å². The molecule has 0 aromatic carbocycles. The molecule has 2 atom stereocenters. The monoisotopic (exact) mass is 425 g/mol. The smallest absolute Gasteiger partial charge is 0.250 e. The van der Waals surface area contributed by atoms with Gasteiger partial charge in [-0.3, -0.25) is 9.59 Å². The van der Waals surface area contributed by atoms with Crippen molar-refractivity contribution in [1.29, 1.82) is 0 Å². The maximum absolute atomic E-state index is 12.7. The lowest BCUT2D eigenvalue weighted by atomic mass is 9.81. The number of carbonyl (C=O) groups is 1. The Morgan fingerprint density at radius 3 is 2.81 bits per heavy atom. The number of hydrogen-bond donors (Lipinski definition) is 1. The van der Waals surface area contributed by atoms with E-state index in [1.54, 1.807) is 17.1 Å². The van der Waals surface area contributed by atoms with Gasteiger partial charge in [0.15, 0.2) is 0 Å². The SMILES string of the molecule is O=C(NCCN1C[C@H]2C[C@@H](C1)c1cccc(=O)n1C2)C1CCC(Cn2cnnn2)CC1. The van der Waals surface area contributed by atoms with Crippen molar-refractivity contribution >= 4 is 5.91 Å². The number of aromatic nitrogens is 5. The van der Waals surface area contributed by atoms with Crippen LogP contribution in [0.4, 0.5) is 0 Å². The van der Waals surface area contributed by atoms with E-state index in [4.69, 9.17) is 0 Å². The van der Waals surface area contributed by atoms with Gasteiger partial charge in [-0.25, -0.2) is 4.68 Å². The third kappa shape index (κ3) is 4.56. The van der Waals surface area contributed by atoms with E-state index in [0.717, 1.165) is 58.4 Å². The highest BCUT2D eigenvalue weighted by Gasteiger charge is 2.34. The summed E-state index contributed by atoms with van der Waals surface area (Å²) in [5, 5.41) is 14.5. The quantitative estimate of drug-likeness (QED) is 0.738. The summed E-state index contributed by atoms with van der Waals surface area (Å²) in [5.74, 6) is 1.83. The molecule has 3 aliphatic rings. The maximum Gasteiger partial charge on any atom is 0.250 e. The number of tetrazole rings is 1. The molecule has 2 aromatic rings. The molecule has 1 aliphatic carbocycles. The van der Waals surface area contributed by atoms with Crippen LogP contribution < -0.4 is 10.9 Å². The van der Waals surface area contributed by atoms with E-state index in [9.17, 15) is 9.59 Å². The van der Waals surface area contributed by atoms with Crippen molar-refractivity contribution in [2.75, 3.05) is 26.2 Å². The van der Waals surface area contributed by atoms with Crippen molar-refractivity contribution in [3.8, 4) is 0 Å². The second kappa shape index (κ2) is 8.90. The maximum atomic E-state index is 12.7. The predicted octanol–water partition coefficient (Wildman–Crippen LogP) is 0.877. The molecule has 9 nitrogen and oxygen atoms in total. The summed E-state index contributed by atoms with van der Waals surface area (Å²) in [4.78, 5) is 27.3. The Morgan fingerprint density at radius 2 is 2.00 bits per heavy atom. The van der Waals surface area contributed by atoms with Gasteiger partial charge in [0.1, 0.15) is 6.33 Å². The highest BCUT2D eigenvalue weighted by Crippen LogP contribution is 2.34. The van der Waals surface area contributed by atoms with Gasteiger partial charge in [0, 0.05) is 62.9 Å². The summed E-state index contributed by atoms with van der Waals surface area (Å²) < 4.78 is 3.75. The fraction of sp³-hybridized carbons (Fsp3) is 0.682. The van der Waals surface area contributed by atoms with E-state index in [0.29, 0.717) is 24.3 Å². The summed E-state index contributed by atoms with van der Waals surface area (Å²) >= 11 is 0. The molecule has 166 valence electrons. The van der Waals surface area contributed by atoms with Gasteiger partial charge in [-0.2, -0.15) is 0 Å². The van der Waals surface area contributed by atoms with Crippen molar-refractivity contribution in [1.82, 2.24) is 35.0 Å². The topological polar surface area (TPSA) is 97.9 Å². The van der Waals surface area contributed by atoms with Crippen LogP contribution in [-0.2, 0) is 17.9 Å². The van der Waals surface area contributed by atoms with E-state index in [1.807, 2.05) is 10.6 Å². The van der Waals surface area contributed by atoms with Crippen molar-refractivity contribution in [3.63, 3.8) is 0 Å². The number of pyridine rings is 1. The largest absolute Gasteiger partial charge is 0.355 e. The molecular formula is C22H31N7O2. The Kier molecular flexibility index (Phi) is 5.85. The first-order valence-corrected chi connectivity index (χ1v) is 11.6. The van der Waals surface area contributed by atoms with Crippen molar-refractivity contribution in [2.45, 2.75) is 51.1 Å². The Labute approximate surface area is 181 Å². The number of nitrogens with one attached hydrogen (secondary N) is 1. The van der Waals surface area contributed by atoms with Crippen molar-refractivity contribution < 1.29 is 4.79 Å². The van der Waals surface area contributed by atoms with Crippen LogP contribution in [0.3, 0.4) is 0 Å². The van der Waals surface area contributed by atoms with Gasteiger partial charge in [-0.05, 0) is 60.4 Å². The zero-order valence-corrected chi connectivity index (χ0v) is 17.9. The number of hydrogen-bond acceptors (Lipinski definition) is 6. The summed E-state index contributed by atoms with van der Waals surface area (Å²) in [6, 6.07) is 5.64. The van der Waals surface area contributed by atoms with Crippen molar-refractivity contribution in [2.24, 2.45) is 17.8 Å². The molecular weight excluding hydrogens is 394 g/mol. The minimum Gasteiger partial charge on any atom is -0.355 e. The van der Waals surface area contributed by atoms with E-state index in [1.165, 1.54) is 12.1 Å². The van der Waals surface area contributed by atoms with Crippen LogP contribution in [0.1, 0.15) is 43.7 Å². The standard InChI is InChI=1S/C22H31N7O2/c30-21-3-1-2-20-19-10-17(13-29(20)21)11-27(14-19)9-8-23-22(31)18-6-4-16(5-7-18)12-28-15-24-25-26-28/h1-3,15-19H,4-14H2,(H,23,31)/t16?,17-,18?,19+/m1/s1. The second-order valence-corrected chi connectivity index (χ2v) is 9.50. The average molecular weight is 426 g/mol. The Bertz CT molecular complexity index is 949. The average Bonchev–Trinajstić information content (AvgIpc) is 3.28. The molecule has 1 N–H and O–H groups in total. The van der Waals surface area contributed by atoms with Gasteiger partial charge in [0.25, 0.3) is 5.56 Å². The lowest BCUT2D eigenvalue weighted by Crippen LogP contribution is -2.49. The van der Waals surface area contributed by atoms with E-state index >= 15 is 0 Å². The Hall–Kier alpha value is -2.55. The fourth-order valence-corrected chi connectivity index (χ4v) is 5.80. The van der Waals surface area contributed by atoms with E-state index in [-0.39, 0.29) is 17.4 Å². The van der Waals surface area contributed by atoms with Gasteiger partial charge in [0.2, 0.25) is 5.91 Å². The molecule has 4 heterocycles. The predicted molar refractivity (Wildman–Crippen MR) is 114 cm³/mol. The second-order valence-electron chi connectivity index (χ2n) is 9.50. The number of amides is 1. The van der Waals surface area contributed by atoms with Crippen molar-refractivity contribution in [3.05, 3.63) is 40.6 Å². The molecule has 0 unspecified atom stereocenters. The number of carbonyl (C=O) groups excluding carboxylic acids is 1. The number of likely N-dealkylation sites (tertiary alicyclic amines) is 1. The molecule has 2 bridgehead atoms. The lowest BCUT2D eigenvalue weighted by molar-refractivity contribution is -0.126. The molecule has 0 spiro atoms. The Morgan fingerprint density at radius 1 is 1.13 bits per heavy atom. The molecule has 2 fully saturated rings. The number of piperidine rings is 1. The van der Waals surface area contributed by atoms with Gasteiger partial charge >= 0.3 is 0 Å². The zero-order valence-electron chi connectivity index (χ0n) is 17.9. The number of fused-ring (bicyclic) bond motifs is 4. The molecule has 1 saturated heterocycles. The number of rotatable bonds is 6. The third-order valence-electron chi connectivity index (χ3n) is 7.34. The van der Waals surface area contributed by atoms with Crippen LogP contribution in [-0.4, -0.2) is 61.8 Å². The van der Waals surface area contributed by atoms with Gasteiger partial charge in [-0.1, -0.05) is 6.07 Å². The highest BCUT2D eigenvalue weighted by atomic mass is 16.2. The van der Waals surface area contributed by atoms with Crippen LogP contribution in [0.2, 0.25) is 0 Å². The minimum absolute atomic E-state index is 0.126. The molecule has 0 radical (unpaired) electrons. The molecule has 1 saturated carbocycles. The van der Waals surface area contributed by atoms with Gasteiger partial charge in [-0.15, -0.1) is 5.10 Å². The summed E-state index contributed by atoms with van der Waals surface area (Å²) in [5.41, 5.74) is 1.30. The van der Waals surface area contributed by atoms with E-state index in [2.05, 4.69) is 31.8 Å². The molecule has 9 heteroatoms. The van der Waals surface area contributed by atoms with Gasteiger partial charge < -0.3 is 14.8 Å². The Balaban J connectivity index is 1.06.